The summed E-state index contributed by atoms with van der Waals surface area (Å²) < 4.78 is 1.81. The molecule has 0 unspecified atom stereocenters. The van der Waals surface area contributed by atoms with Crippen LogP contribution in [0.15, 0.2) is 42.6 Å². The summed E-state index contributed by atoms with van der Waals surface area (Å²) in [5, 5.41) is 15.4. The summed E-state index contributed by atoms with van der Waals surface area (Å²) >= 11 is 0. The lowest BCUT2D eigenvalue weighted by Gasteiger charge is -2.06. The Bertz CT molecular complexity index is 1120. The van der Waals surface area contributed by atoms with Crippen molar-refractivity contribution in [1.29, 1.82) is 0 Å². The molecule has 0 radical (unpaired) electrons. The van der Waals surface area contributed by atoms with Gasteiger partial charge in [-0.05, 0) is 32.0 Å². The van der Waals surface area contributed by atoms with Gasteiger partial charge in [0.2, 0.25) is 0 Å². The largest absolute Gasteiger partial charge is 0.319 e. The Morgan fingerprint density at radius 2 is 2.00 bits per heavy atom. The Labute approximate surface area is 150 Å². The molecule has 0 atom stereocenters. The highest BCUT2D eigenvalue weighted by Crippen LogP contribution is 2.26. The molecule has 0 aliphatic rings. The molecule has 0 aliphatic carbocycles. The van der Waals surface area contributed by atoms with Crippen molar-refractivity contribution in [3.63, 3.8) is 0 Å². The molecule has 2 N–H and O–H groups in total. The molecule has 1 amide bonds. The average molecular weight is 346 g/mol. The standard InChI is InChI=1S/C19H18N6O/c1-11-17(12(2)25(3)24-11)15-10-16(23-22-15)19(26)21-14-8-4-6-13-7-5-9-20-18(13)14/h4-10H,1-3H3,(H,21,26)(H,22,23). The minimum atomic E-state index is -0.263. The van der Waals surface area contributed by atoms with Crippen molar-refractivity contribution in [3.05, 3.63) is 59.7 Å². The second-order valence-corrected chi connectivity index (χ2v) is 6.17. The van der Waals surface area contributed by atoms with E-state index in [0.29, 0.717) is 17.1 Å². The zero-order valence-electron chi connectivity index (χ0n) is 14.7. The van der Waals surface area contributed by atoms with E-state index < -0.39 is 0 Å². The van der Waals surface area contributed by atoms with E-state index in [1.54, 1.807) is 16.9 Å². The lowest BCUT2D eigenvalue weighted by molar-refractivity contribution is 0.102. The first kappa shape index (κ1) is 16.0. The molecule has 1 aromatic carbocycles. The highest BCUT2D eigenvalue weighted by Gasteiger charge is 2.17. The van der Waals surface area contributed by atoms with Crippen LogP contribution < -0.4 is 5.32 Å². The van der Waals surface area contributed by atoms with Gasteiger partial charge in [0.05, 0.1) is 22.6 Å². The summed E-state index contributed by atoms with van der Waals surface area (Å²) in [6.07, 6.45) is 1.71. The van der Waals surface area contributed by atoms with Crippen LogP contribution in [0.3, 0.4) is 0 Å². The Morgan fingerprint density at radius 1 is 1.19 bits per heavy atom. The van der Waals surface area contributed by atoms with Crippen molar-refractivity contribution in [2.75, 3.05) is 5.32 Å². The zero-order chi connectivity index (χ0) is 18.3. The summed E-state index contributed by atoms with van der Waals surface area (Å²) in [7, 11) is 1.89. The number of nitrogens with one attached hydrogen (secondary N) is 2. The molecule has 7 heteroatoms. The predicted molar refractivity (Wildman–Crippen MR) is 100.0 cm³/mol. The fourth-order valence-corrected chi connectivity index (χ4v) is 3.11. The Morgan fingerprint density at radius 3 is 2.77 bits per heavy atom. The summed E-state index contributed by atoms with van der Waals surface area (Å²) in [5.41, 5.74) is 5.32. The number of fused-ring (bicyclic) bond motifs is 1. The van der Waals surface area contributed by atoms with Crippen LogP contribution in [-0.2, 0) is 7.05 Å². The number of aromatic nitrogens is 5. The number of rotatable bonds is 3. The molecule has 0 saturated carbocycles. The number of amides is 1. The molecule has 130 valence electrons. The van der Waals surface area contributed by atoms with Gasteiger partial charge in [0.25, 0.3) is 5.91 Å². The minimum absolute atomic E-state index is 0.263. The summed E-state index contributed by atoms with van der Waals surface area (Å²) in [4.78, 5) is 17.0. The molecule has 0 aliphatic heterocycles. The zero-order valence-corrected chi connectivity index (χ0v) is 14.7. The number of anilines is 1. The number of hydrogen-bond donors (Lipinski definition) is 2. The fourth-order valence-electron chi connectivity index (χ4n) is 3.11. The molecule has 0 spiro atoms. The first-order chi connectivity index (χ1) is 12.5. The van der Waals surface area contributed by atoms with E-state index in [-0.39, 0.29) is 5.91 Å². The van der Waals surface area contributed by atoms with Crippen molar-refractivity contribution < 1.29 is 4.79 Å². The molecule has 4 rings (SSSR count). The normalized spacial score (nSPS) is 11.0. The van der Waals surface area contributed by atoms with E-state index in [4.69, 9.17) is 0 Å². The summed E-state index contributed by atoms with van der Waals surface area (Å²) in [6.45, 7) is 3.91. The molecule has 26 heavy (non-hydrogen) atoms. The van der Waals surface area contributed by atoms with Crippen LogP contribution in [0.5, 0.6) is 0 Å². The number of para-hydroxylation sites is 1. The number of nitrogens with zero attached hydrogens (tertiary/aromatic N) is 4. The van der Waals surface area contributed by atoms with Crippen molar-refractivity contribution in [2.24, 2.45) is 7.05 Å². The third-order valence-electron chi connectivity index (χ3n) is 4.47. The maximum atomic E-state index is 12.6. The minimum Gasteiger partial charge on any atom is -0.319 e. The first-order valence-electron chi connectivity index (χ1n) is 8.25. The van der Waals surface area contributed by atoms with Crippen LogP contribution in [0.2, 0.25) is 0 Å². The van der Waals surface area contributed by atoms with Gasteiger partial charge in [-0.25, -0.2) is 0 Å². The number of carbonyl (C=O) groups is 1. The number of carbonyl (C=O) groups excluding carboxylic acids is 1. The smallest absolute Gasteiger partial charge is 0.273 e. The molecule has 3 heterocycles. The maximum Gasteiger partial charge on any atom is 0.273 e. The maximum absolute atomic E-state index is 12.6. The van der Waals surface area contributed by atoms with Gasteiger partial charge in [0.1, 0.15) is 5.69 Å². The topological polar surface area (TPSA) is 88.5 Å². The Kier molecular flexibility index (Phi) is 3.76. The molecular formula is C19H18N6O. The van der Waals surface area contributed by atoms with Crippen molar-refractivity contribution in [3.8, 4) is 11.3 Å². The van der Waals surface area contributed by atoms with Crippen LogP contribution in [-0.4, -0.2) is 30.9 Å². The molecular weight excluding hydrogens is 328 g/mol. The van der Waals surface area contributed by atoms with E-state index in [1.807, 2.05) is 51.2 Å². The Hall–Kier alpha value is -3.48. The van der Waals surface area contributed by atoms with E-state index in [0.717, 1.165) is 27.9 Å². The number of H-pyrrole nitrogens is 1. The summed E-state index contributed by atoms with van der Waals surface area (Å²) in [5.74, 6) is -0.263. The van der Waals surface area contributed by atoms with Gasteiger partial charge < -0.3 is 5.32 Å². The number of aryl methyl sites for hydroxylation is 2. The van der Waals surface area contributed by atoms with E-state index in [9.17, 15) is 4.79 Å². The quantitative estimate of drug-likeness (QED) is 0.596. The highest BCUT2D eigenvalue weighted by molar-refractivity contribution is 6.07. The van der Waals surface area contributed by atoms with Gasteiger partial charge in [-0.2, -0.15) is 10.2 Å². The molecule has 3 aromatic heterocycles. The van der Waals surface area contributed by atoms with Crippen LogP contribution in [0.1, 0.15) is 21.9 Å². The molecule has 0 fully saturated rings. The predicted octanol–water partition coefficient (Wildman–Crippen LogP) is 3.23. The van der Waals surface area contributed by atoms with Gasteiger partial charge in [0.15, 0.2) is 0 Å². The monoisotopic (exact) mass is 346 g/mol. The van der Waals surface area contributed by atoms with E-state index in [2.05, 4.69) is 25.6 Å². The van der Waals surface area contributed by atoms with Gasteiger partial charge in [0, 0.05) is 29.9 Å². The van der Waals surface area contributed by atoms with E-state index in [1.165, 1.54) is 0 Å². The SMILES string of the molecule is Cc1nn(C)c(C)c1-c1cc(C(=O)Nc2cccc3cccnc23)[nH]n1. The number of aromatic amines is 1. The second-order valence-electron chi connectivity index (χ2n) is 6.17. The molecule has 0 saturated heterocycles. The number of hydrogen-bond acceptors (Lipinski definition) is 4. The molecule has 4 aromatic rings. The first-order valence-corrected chi connectivity index (χ1v) is 8.25. The number of benzene rings is 1. The third kappa shape index (κ3) is 2.63. The lowest BCUT2D eigenvalue weighted by Crippen LogP contribution is -2.12. The molecule has 7 nitrogen and oxygen atoms in total. The summed E-state index contributed by atoms with van der Waals surface area (Å²) in [6, 6.07) is 11.2. The molecule has 0 bridgehead atoms. The van der Waals surface area contributed by atoms with Gasteiger partial charge in [-0.3, -0.25) is 19.6 Å². The van der Waals surface area contributed by atoms with Crippen molar-refractivity contribution in [2.45, 2.75) is 13.8 Å². The highest BCUT2D eigenvalue weighted by atomic mass is 16.1. The van der Waals surface area contributed by atoms with Crippen LogP contribution in [0.25, 0.3) is 22.2 Å². The van der Waals surface area contributed by atoms with Crippen LogP contribution in [0.4, 0.5) is 5.69 Å². The van der Waals surface area contributed by atoms with Gasteiger partial charge in [-0.1, -0.05) is 18.2 Å². The Balaban J connectivity index is 1.64. The van der Waals surface area contributed by atoms with E-state index >= 15 is 0 Å². The van der Waals surface area contributed by atoms with Crippen LogP contribution >= 0.6 is 0 Å². The lowest BCUT2D eigenvalue weighted by atomic mass is 10.1. The van der Waals surface area contributed by atoms with Crippen molar-refractivity contribution in [1.82, 2.24) is 25.0 Å². The fraction of sp³-hybridized carbons (Fsp3) is 0.158. The van der Waals surface area contributed by atoms with Crippen molar-refractivity contribution >= 4 is 22.5 Å². The average Bonchev–Trinajstić information content (AvgIpc) is 3.20. The van der Waals surface area contributed by atoms with Gasteiger partial charge >= 0.3 is 0 Å². The number of pyridine rings is 1. The second kappa shape index (κ2) is 6.11. The third-order valence-corrected chi connectivity index (χ3v) is 4.47. The van der Waals surface area contributed by atoms with Crippen LogP contribution in [0, 0.1) is 13.8 Å². The van der Waals surface area contributed by atoms with Gasteiger partial charge in [-0.15, -0.1) is 0 Å².